The van der Waals surface area contributed by atoms with E-state index in [0.717, 1.165) is 26.2 Å². The van der Waals surface area contributed by atoms with E-state index in [1.807, 2.05) is 0 Å². The van der Waals surface area contributed by atoms with Crippen molar-refractivity contribution in [3.63, 3.8) is 0 Å². The molecule has 2 heterocycles. The molecule has 2 saturated heterocycles. The topological polar surface area (TPSA) is 24.5 Å². The number of nitrogens with one attached hydrogen (secondary N) is 1. The van der Waals surface area contributed by atoms with Gasteiger partial charge in [0.05, 0.1) is 6.10 Å². The lowest BCUT2D eigenvalue weighted by Crippen LogP contribution is -2.45. The first-order valence-electron chi connectivity index (χ1n) is 8.89. The molecule has 0 radical (unpaired) electrons. The van der Waals surface area contributed by atoms with E-state index in [0.29, 0.717) is 24.0 Å². The summed E-state index contributed by atoms with van der Waals surface area (Å²) < 4.78 is 5.89. The predicted molar refractivity (Wildman–Crippen MR) is 92.4 cm³/mol. The quantitative estimate of drug-likeness (QED) is 0.903. The van der Waals surface area contributed by atoms with Crippen molar-refractivity contribution in [1.29, 1.82) is 0 Å². The lowest BCUT2D eigenvalue weighted by Gasteiger charge is -2.35. The van der Waals surface area contributed by atoms with Crippen LogP contribution in [0, 0.1) is 11.8 Å². The van der Waals surface area contributed by atoms with Gasteiger partial charge in [0.2, 0.25) is 0 Å². The number of anilines is 1. The van der Waals surface area contributed by atoms with Crippen LogP contribution in [-0.4, -0.2) is 38.4 Å². The van der Waals surface area contributed by atoms with Gasteiger partial charge < -0.3 is 15.0 Å². The minimum Gasteiger partial charge on any atom is -0.378 e. The van der Waals surface area contributed by atoms with Gasteiger partial charge in [-0.25, -0.2) is 0 Å². The average Bonchev–Trinajstić information content (AvgIpc) is 3.03. The van der Waals surface area contributed by atoms with Gasteiger partial charge in [-0.1, -0.05) is 32.0 Å². The second-order valence-electron chi connectivity index (χ2n) is 7.13. The Labute approximate surface area is 135 Å². The maximum atomic E-state index is 5.89. The molecule has 0 bridgehead atoms. The van der Waals surface area contributed by atoms with Crippen molar-refractivity contribution in [1.82, 2.24) is 5.32 Å². The van der Waals surface area contributed by atoms with Crippen molar-refractivity contribution in [2.45, 2.75) is 45.3 Å². The Morgan fingerprint density at radius 2 is 1.86 bits per heavy atom. The van der Waals surface area contributed by atoms with Gasteiger partial charge in [-0.2, -0.15) is 0 Å². The van der Waals surface area contributed by atoms with E-state index in [-0.39, 0.29) is 0 Å². The lowest BCUT2D eigenvalue weighted by atomic mass is 9.92. The van der Waals surface area contributed by atoms with E-state index in [9.17, 15) is 0 Å². The van der Waals surface area contributed by atoms with E-state index < -0.39 is 0 Å². The molecule has 0 aliphatic carbocycles. The van der Waals surface area contributed by atoms with Gasteiger partial charge in [-0.05, 0) is 43.2 Å². The molecule has 1 N–H and O–H groups in total. The highest BCUT2D eigenvalue weighted by Gasteiger charge is 2.31. The third-order valence-electron chi connectivity index (χ3n) is 5.21. The normalized spacial score (nSPS) is 26.8. The van der Waals surface area contributed by atoms with Crippen LogP contribution in [0.25, 0.3) is 0 Å². The van der Waals surface area contributed by atoms with E-state index >= 15 is 0 Å². The van der Waals surface area contributed by atoms with Gasteiger partial charge in [0.1, 0.15) is 0 Å². The highest BCUT2D eigenvalue weighted by Crippen LogP contribution is 2.27. The summed E-state index contributed by atoms with van der Waals surface area (Å²) in [4.78, 5) is 2.51. The Morgan fingerprint density at radius 3 is 2.55 bits per heavy atom. The smallest absolute Gasteiger partial charge is 0.0639 e. The summed E-state index contributed by atoms with van der Waals surface area (Å²) in [5, 5.41) is 3.81. The molecule has 0 aromatic heterocycles. The fourth-order valence-corrected chi connectivity index (χ4v) is 3.91. The molecule has 1 aromatic carbocycles. The SMILES string of the molecule is CC(C)[C@H]1OCC[C@@H]1CNC1CCN(c2ccccc2)CC1. The number of nitrogens with zero attached hydrogens (tertiary/aromatic N) is 1. The second kappa shape index (κ2) is 7.47. The van der Waals surface area contributed by atoms with Gasteiger partial charge in [0.15, 0.2) is 0 Å². The Bertz CT molecular complexity index is 440. The Hall–Kier alpha value is -1.06. The molecule has 2 fully saturated rings. The van der Waals surface area contributed by atoms with Crippen LogP contribution in [0.5, 0.6) is 0 Å². The van der Waals surface area contributed by atoms with Crippen molar-refractivity contribution in [2.75, 3.05) is 31.1 Å². The van der Waals surface area contributed by atoms with Gasteiger partial charge in [-0.15, -0.1) is 0 Å². The lowest BCUT2D eigenvalue weighted by molar-refractivity contribution is 0.0532. The number of para-hydroxylation sites is 1. The summed E-state index contributed by atoms with van der Waals surface area (Å²) in [7, 11) is 0. The summed E-state index contributed by atoms with van der Waals surface area (Å²) in [6, 6.07) is 11.5. The number of benzene rings is 1. The van der Waals surface area contributed by atoms with Crippen LogP contribution in [-0.2, 0) is 4.74 Å². The second-order valence-corrected chi connectivity index (χ2v) is 7.13. The summed E-state index contributed by atoms with van der Waals surface area (Å²) in [6.07, 6.45) is 4.17. The maximum absolute atomic E-state index is 5.89. The standard InChI is InChI=1S/C19H30N2O/c1-15(2)19-16(10-13-22-19)14-20-17-8-11-21(12-9-17)18-6-4-3-5-7-18/h3-7,15-17,19-20H,8-14H2,1-2H3/t16-,19-/m1/s1. The largest absolute Gasteiger partial charge is 0.378 e. The van der Waals surface area contributed by atoms with Crippen LogP contribution in [0.2, 0.25) is 0 Å². The van der Waals surface area contributed by atoms with Crippen molar-refractivity contribution in [3.05, 3.63) is 30.3 Å². The van der Waals surface area contributed by atoms with Gasteiger partial charge in [0, 0.05) is 38.0 Å². The van der Waals surface area contributed by atoms with Crippen LogP contribution in [0.15, 0.2) is 30.3 Å². The predicted octanol–water partition coefficient (Wildman–Crippen LogP) is 3.31. The third kappa shape index (κ3) is 3.82. The average molecular weight is 302 g/mol. The van der Waals surface area contributed by atoms with Crippen molar-refractivity contribution in [2.24, 2.45) is 11.8 Å². The van der Waals surface area contributed by atoms with Crippen molar-refractivity contribution in [3.8, 4) is 0 Å². The Balaban J connectivity index is 1.43. The number of ether oxygens (including phenoxy) is 1. The van der Waals surface area contributed by atoms with Gasteiger partial charge >= 0.3 is 0 Å². The first-order valence-corrected chi connectivity index (χ1v) is 8.89. The third-order valence-corrected chi connectivity index (χ3v) is 5.21. The van der Waals surface area contributed by atoms with Crippen molar-refractivity contribution < 1.29 is 4.74 Å². The fraction of sp³-hybridized carbons (Fsp3) is 0.684. The molecule has 22 heavy (non-hydrogen) atoms. The molecular weight excluding hydrogens is 272 g/mol. The highest BCUT2D eigenvalue weighted by molar-refractivity contribution is 5.46. The summed E-state index contributed by atoms with van der Waals surface area (Å²) in [5.74, 6) is 1.33. The maximum Gasteiger partial charge on any atom is 0.0639 e. The van der Waals surface area contributed by atoms with E-state index in [1.54, 1.807) is 0 Å². The molecule has 3 rings (SSSR count). The molecule has 3 heteroatoms. The van der Waals surface area contributed by atoms with Gasteiger partial charge in [0.25, 0.3) is 0 Å². The molecule has 2 atom stereocenters. The van der Waals surface area contributed by atoms with Crippen LogP contribution in [0.3, 0.4) is 0 Å². The van der Waals surface area contributed by atoms with E-state index in [4.69, 9.17) is 4.74 Å². The molecule has 122 valence electrons. The molecule has 2 aliphatic heterocycles. The highest BCUT2D eigenvalue weighted by atomic mass is 16.5. The molecule has 0 unspecified atom stereocenters. The number of piperidine rings is 1. The molecule has 0 amide bonds. The van der Waals surface area contributed by atoms with E-state index in [1.165, 1.54) is 24.9 Å². The summed E-state index contributed by atoms with van der Waals surface area (Å²) >= 11 is 0. The van der Waals surface area contributed by atoms with Crippen LogP contribution >= 0.6 is 0 Å². The molecule has 0 saturated carbocycles. The summed E-state index contributed by atoms with van der Waals surface area (Å²) in [5.41, 5.74) is 1.37. The molecule has 1 aromatic rings. The first-order chi connectivity index (χ1) is 10.7. The molecule has 2 aliphatic rings. The van der Waals surface area contributed by atoms with Crippen LogP contribution in [0.1, 0.15) is 33.1 Å². The van der Waals surface area contributed by atoms with E-state index in [2.05, 4.69) is 54.4 Å². The number of hydrogen-bond donors (Lipinski definition) is 1. The minimum atomic E-state index is 0.455. The number of hydrogen-bond acceptors (Lipinski definition) is 3. The fourth-order valence-electron chi connectivity index (χ4n) is 3.91. The van der Waals surface area contributed by atoms with Crippen LogP contribution in [0.4, 0.5) is 5.69 Å². The summed E-state index contributed by atoms with van der Waals surface area (Å²) in [6.45, 7) is 8.95. The zero-order valence-corrected chi connectivity index (χ0v) is 14.0. The minimum absolute atomic E-state index is 0.455. The van der Waals surface area contributed by atoms with Crippen LogP contribution < -0.4 is 10.2 Å². The van der Waals surface area contributed by atoms with Gasteiger partial charge in [-0.3, -0.25) is 0 Å². The zero-order valence-electron chi connectivity index (χ0n) is 14.0. The first kappa shape index (κ1) is 15.8. The molecule has 3 nitrogen and oxygen atoms in total. The Morgan fingerprint density at radius 1 is 1.14 bits per heavy atom. The monoisotopic (exact) mass is 302 g/mol. The zero-order chi connectivity index (χ0) is 15.4. The Kier molecular flexibility index (Phi) is 5.37. The number of rotatable bonds is 5. The molecule has 0 spiro atoms. The molecular formula is C19H30N2O. The van der Waals surface area contributed by atoms with Crippen molar-refractivity contribution >= 4 is 5.69 Å².